The molecule has 0 atom stereocenters. The maximum atomic E-state index is 13.1. The SMILES string of the molecule is COc1cccc(Nc2c(C(N)=O)cnc3c(C)cc(Cc4cccc(C(=O)Nc5ccc(C#CCCCC=O)cc5)c4)cc23)c1. The third-order valence-electron chi connectivity index (χ3n) is 7.42. The van der Waals surface area contributed by atoms with Crippen LogP contribution in [0.15, 0.2) is 91.1 Å². The van der Waals surface area contributed by atoms with E-state index < -0.39 is 5.91 Å². The number of nitrogens with two attached hydrogens (primary N) is 1. The molecule has 4 N–H and O–H groups in total. The van der Waals surface area contributed by atoms with Crippen molar-refractivity contribution in [3.8, 4) is 17.6 Å². The predicted molar refractivity (Wildman–Crippen MR) is 182 cm³/mol. The minimum atomic E-state index is -0.588. The van der Waals surface area contributed by atoms with E-state index in [1.807, 2.05) is 79.7 Å². The average molecular weight is 611 g/mol. The van der Waals surface area contributed by atoms with Crippen LogP contribution in [-0.4, -0.2) is 30.2 Å². The molecule has 46 heavy (non-hydrogen) atoms. The second kappa shape index (κ2) is 14.7. The Bertz CT molecular complexity index is 1970. The summed E-state index contributed by atoms with van der Waals surface area (Å²) in [4.78, 5) is 40.5. The van der Waals surface area contributed by atoms with Gasteiger partial charge in [-0.15, -0.1) is 0 Å². The van der Waals surface area contributed by atoms with E-state index in [0.717, 1.165) is 51.6 Å². The molecule has 230 valence electrons. The van der Waals surface area contributed by atoms with Crippen molar-refractivity contribution in [1.29, 1.82) is 0 Å². The number of hydrogen-bond acceptors (Lipinski definition) is 6. The molecule has 0 fully saturated rings. The van der Waals surface area contributed by atoms with Crippen molar-refractivity contribution in [2.45, 2.75) is 32.6 Å². The van der Waals surface area contributed by atoms with Crippen LogP contribution in [0.25, 0.3) is 10.9 Å². The van der Waals surface area contributed by atoms with E-state index in [1.54, 1.807) is 13.2 Å². The third kappa shape index (κ3) is 7.76. The number of aldehydes is 1. The Kier molecular flexibility index (Phi) is 10.1. The number of carbonyl (C=O) groups is 3. The van der Waals surface area contributed by atoms with Crippen molar-refractivity contribution in [2.24, 2.45) is 5.73 Å². The summed E-state index contributed by atoms with van der Waals surface area (Å²) in [6.07, 6.45) is 4.89. The first-order valence-corrected chi connectivity index (χ1v) is 14.9. The Morgan fingerprint density at radius 3 is 2.52 bits per heavy atom. The first kappa shape index (κ1) is 31.5. The van der Waals surface area contributed by atoms with Gasteiger partial charge in [0.2, 0.25) is 0 Å². The lowest BCUT2D eigenvalue weighted by Gasteiger charge is -2.16. The highest BCUT2D eigenvalue weighted by Crippen LogP contribution is 2.33. The highest BCUT2D eigenvalue weighted by Gasteiger charge is 2.17. The molecule has 0 saturated heterocycles. The molecular formula is C38H34N4O4. The number of aryl methyl sites for hydroxylation is 1. The number of pyridine rings is 1. The monoisotopic (exact) mass is 610 g/mol. The standard InChI is InChI=1S/C38H34N4O4/c1-25-19-28(22-33-35(25)40-24-34(37(39)44)36(33)41-31-12-8-13-32(23-31)46-2)20-27-10-7-11-29(21-27)38(45)42-30-16-14-26(15-17-30)9-5-3-4-6-18-43/h7-8,10-19,21-24H,3-4,6,20H2,1-2H3,(H2,39,44)(H,40,41)(H,42,45). The second-order valence-electron chi connectivity index (χ2n) is 10.8. The summed E-state index contributed by atoms with van der Waals surface area (Å²) in [6.45, 7) is 1.98. The number of carbonyl (C=O) groups excluding carboxylic acids is 3. The number of methoxy groups -OCH3 is 1. The molecule has 5 rings (SSSR count). The summed E-state index contributed by atoms with van der Waals surface area (Å²) in [5.74, 6) is 6.00. The molecule has 0 aliphatic heterocycles. The number of aromatic nitrogens is 1. The molecule has 1 heterocycles. The zero-order valence-electron chi connectivity index (χ0n) is 25.7. The number of amides is 2. The first-order valence-electron chi connectivity index (χ1n) is 14.9. The van der Waals surface area contributed by atoms with Gasteiger partial charge >= 0.3 is 0 Å². The van der Waals surface area contributed by atoms with E-state index in [0.29, 0.717) is 42.0 Å². The highest BCUT2D eigenvalue weighted by atomic mass is 16.5. The van der Waals surface area contributed by atoms with Gasteiger partial charge in [0, 0.05) is 53.0 Å². The van der Waals surface area contributed by atoms with Crippen molar-refractivity contribution in [3.63, 3.8) is 0 Å². The van der Waals surface area contributed by atoms with Gasteiger partial charge in [-0.3, -0.25) is 14.6 Å². The fourth-order valence-electron chi connectivity index (χ4n) is 5.16. The lowest BCUT2D eigenvalue weighted by atomic mass is 9.97. The molecule has 0 unspecified atom stereocenters. The van der Waals surface area contributed by atoms with Crippen molar-refractivity contribution in [3.05, 3.63) is 125 Å². The molecule has 8 heteroatoms. The Balaban J connectivity index is 1.36. The fourth-order valence-corrected chi connectivity index (χ4v) is 5.16. The summed E-state index contributed by atoms with van der Waals surface area (Å²) in [5, 5.41) is 7.08. The predicted octanol–water partition coefficient (Wildman–Crippen LogP) is 6.96. The number of nitrogens with one attached hydrogen (secondary N) is 2. The Morgan fingerprint density at radius 1 is 0.957 bits per heavy atom. The highest BCUT2D eigenvalue weighted by molar-refractivity contribution is 6.08. The maximum Gasteiger partial charge on any atom is 0.255 e. The number of hydrogen-bond donors (Lipinski definition) is 3. The summed E-state index contributed by atoms with van der Waals surface area (Å²) in [7, 11) is 1.60. The van der Waals surface area contributed by atoms with Crippen LogP contribution >= 0.6 is 0 Å². The van der Waals surface area contributed by atoms with E-state index in [1.165, 1.54) is 6.20 Å². The quantitative estimate of drug-likeness (QED) is 0.0844. The van der Waals surface area contributed by atoms with Crippen LogP contribution in [0.5, 0.6) is 5.75 Å². The van der Waals surface area contributed by atoms with E-state index >= 15 is 0 Å². The van der Waals surface area contributed by atoms with Crippen LogP contribution in [0.2, 0.25) is 0 Å². The molecule has 0 aliphatic rings. The summed E-state index contributed by atoms with van der Waals surface area (Å²) in [6, 6.07) is 26.4. The van der Waals surface area contributed by atoms with E-state index in [9.17, 15) is 14.4 Å². The number of unbranched alkanes of at least 4 members (excludes halogenated alkanes) is 2. The first-order chi connectivity index (χ1) is 22.3. The Hall–Kier alpha value is -5.94. The van der Waals surface area contributed by atoms with Crippen LogP contribution in [0.3, 0.4) is 0 Å². The smallest absolute Gasteiger partial charge is 0.255 e. The molecule has 2 amide bonds. The maximum absolute atomic E-state index is 13.1. The van der Waals surface area contributed by atoms with Gasteiger partial charge in [0.1, 0.15) is 12.0 Å². The van der Waals surface area contributed by atoms with Crippen molar-refractivity contribution in [2.75, 3.05) is 17.7 Å². The van der Waals surface area contributed by atoms with Crippen molar-refractivity contribution < 1.29 is 19.1 Å². The summed E-state index contributed by atoms with van der Waals surface area (Å²) in [5.41, 5.74) is 13.0. The normalized spacial score (nSPS) is 10.5. The number of rotatable bonds is 11. The van der Waals surface area contributed by atoms with Gasteiger partial charge in [0.25, 0.3) is 11.8 Å². The summed E-state index contributed by atoms with van der Waals surface area (Å²) < 4.78 is 5.36. The van der Waals surface area contributed by atoms with Gasteiger partial charge in [0.05, 0.1) is 23.9 Å². The van der Waals surface area contributed by atoms with Crippen LogP contribution in [0, 0.1) is 18.8 Å². The van der Waals surface area contributed by atoms with E-state index in [4.69, 9.17) is 10.5 Å². The minimum absolute atomic E-state index is 0.218. The number of ether oxygens (including phenoxy) is 1. The molecule has 0 bridgehead atoms. The van der Waals surface area contributed by atoms with Gasteiger partial charge in [0.15, 0.2) is 0 Å². The molecule has 1 aromatic heterocycles. The number of primary amides is 1. The second-order valence-corrected chi connectivity index (χ2v) is 10.8. The van der Waals surface area contributed by atoms with Crippen LogP contribution in [0.1, 0.15) is 62.2 Å². The van der Waals surface area contributed by atoms with Crippen LogP contribution < -0.4 is 21.1 Å². The van der Waals surface area contributed by atoms with Gasteiger partial charge in [-0.05, 0) is 91.1 Å². The minimum Gasteiger partial charge on any atom is -0.497 e. The largest absolute Gasteiger partial charge is 0.497 e. The Morgan fingerprint density at radius 2 is 1.76 bits per heavy atom. The molecule has 0 spiro atoms. The number of nitrogens with zero attached hydrogens (tertiary/aromatic N) is 1. The molecule has 0 radical (unpaired) electrons. The van der Waals surface area contributed by atoms with E-state index in [-0.39, 0.29) is 11.5 Å². The topological polar surface area (TPSA) is 123 Å². The van der Waals surface area contributed by atoms with Crippen molar-refractivity contribution in [1.82, 2.24) is 4.98 Å². The zero-order valence-corrected chi connectivity index (χ0v) is 25.7. The van der Waals surface area contributed by atoms with E-state index in [2.05, 4.69) is 33.5 Å². The van der Waals surface area contributed by atoms with Crippen molar-refractivity contribution >= 4 is 46.1 Å². The lowest BCUT2D eigenvalue weighted by molar-refractivity contribution is -0.107. The van der Waals surface area contributed by atoms with Gasteiger partial charge in [-0.1, -0.05) is 36.1 Å². The summed E-state index contributed by atoms with van der Waals surface area (Å²) >= 11 is 0. The molecule has 8 nitrogen and oxygen atoms in total. The molecule has 4 aromatic carbocycles. The number of fused-ring (bicyclic) bond motifs is 1. The van der Waals surface area contributed by atoms with Gasteiger partial charge in [-0.2, -0.15) is 0 Å². The van der Waals surface area contributed by atoms with Crippen LogP contribution in [-0.2, 0) is 11.2 Å². The van der Waals surface area contributed by atoms with Gasteiger partial charge in [-0.25, -0.2) is 0 Å². The molecule has 0 saturated carbocycles. The molecule has 0 aliphatic carbocycles. The number of benzene rings is 4. The lowest BCUT2D eigenvalue weighted by Crippen LogP contribution is -2.14. The average Bonchev–Trinajstić information content (AvgIpc) is 3.06. The zero-order chi connectivity index (χ0) is 32.5. The molecule has 5 aromatic rings. The van der Waals surface area contributed by atoms with Gasteiger partial charge < -0.3 is 25.9 Å². The van der Waals surface area contributed by atoms with Crippen LogP contribution in [0.4, 0.5) is 17.1 Å². The number of anilines is 3. The fraction of sp³-hybridized carbons (Fsp3) is 0.158. The third-order valence-corrected chi connectivity index (χ3v) is 7.42. The molecular weight excluding hydrogens is 576 g/mol. The Labute approximate surface area is 268 Å².